The minimum atomic E-state index is -0.529. The van der Waals surface area contributed by atoms with Gasteiger partial charge >= 0.3 is 0 Å². The Kier molecular flexibility index (Phi) is 8.97. The van der Waals surface area contributed by atoms with Gasteiger partial charge in [0.15, 0.2) is 5.17 Å². The van der Waals surface area contributed by atoms with Crippen molar-refractivity contribution >= 4 is 50.9 Å². The van der Waals surface area contributed by atoms with Gasteiger partial charge < -0.3 is 14.8 Å². The van der Waals surface area contributed by atoms with Gasteiger partial charge in [0, 0.05) is 31.9 Å². The van der Waals surface area contributed by atoms with Gasteiger partial charge in [0.25, 0.3) is 0 Å². The predicted octanol–water partition coefficient (Wildman–Crippen LogP) is 5.63. The van der Waals surface area contributed by atoms with Crippen LogP contribution in [0.2, 0.25) is 0 Å². The topological polar surface area (TPSA) is 80.2 Å². The minimum Gasteiger partial charge on any atom is -0.494 e. The summed E-state index contributed by atoms with van der Waals surface area (Å²) in [6.07, 6.45) is 0.763. The fourth-order valence-electron chi connectivity index (χ4n) is 3.94. The zero-order valence-corrected chi connectivity index (χ0v) is 21.4. The molecule has 1 N–H and O–H groups in total. The highest BCUT2D eigenvalue weighted by atomic mass is 32.2. The number of thioether (sulfide) groups is 1. The highest BCUT2D eigenvalue weighted by molar-refractivity contribution is 8.15. The minimum absolute atomic E-state index is 0.0700. The van der Waals surface area contributed by atoms with Gasteiger partial charge in [-0.15, -0.1) is 0 Å². The van der Waals surface area contributed by atoms with Crippen molar-refractivity contribution < 1.29 is 19.1 Å². The Labute approximate surface area is 215 Å². The molecule has 1 saturated heterocycles. The van der Waals surface area contributed by atoms with Crippen LogP contribution in [0.25, 0.3) is 10.8 Å². The SMILES string of the molecule is CCOCCCN1C(=O)C(CC(=O)Nc2ccc3ccccc3c2)SC1=Nc1ccc(OCC)cc1. The molecule has 1 fully saturated rings. The van der Waals surface area contributed by atoms with Gasteiger partial charge in [-0.1, -0.05) is 42.1 Å². The first-order valence-electron chi connectivity index (χ1n) is 12.2. The van der Waals surface area contributed by atoms with E-state index in [1.165, 1.54) is 11.8 Å². The van der Waals surface area contributed by atoms with E-state index in [-0.39, 0.29) is 18.2 Å². The zero-order chi connectivity index (χ0) is 25.3. The Morgan fingerprint density at radius 3 is 2.56 bits per heavy atom. The standard InChI is InChI=1S/C28H31N3O4S/c1-3-34-17-7-16-31-27(33)25(36-28(31)30-22-12-14-24(15-13-22)35-4-2)19-26(32)29-23-11-10-20-8-5-6-9-21(20)18-23/h5-6,8-15,18,25H,3-4,7,16-17,19H2,1-2H3,(H,29,32). The van der Waals surface area contributed by atoms with Gasteiger partial charge in [0.1, 0.15) is 11.0 Å². The van der Waals surface area contributed by atoms with E-state index in [9.17, 15) is 9.59 Å². The number of carbonyl (C=O) groups is 2. The number of amides is 2. The number of benzene rings is 3. The molecular formula is C28H31N3O4S. The monoisotopic (exact) mass is 505 g/mol. The highest BCUT2D eigenvalue weighted by Gasteiger charge is 2.38. The van der Waals surface area contributed by atoms with Crippen molar-refractivity contribution in [2.24, 2.45) is 4.99 Å². The van der Waals surface area contributed by atoms with Gasteiger partial charge in [-0.25, -0.2) is 4.99 Å². The molecule has 3 aromatic carbocycles. The molecule has 2 amide bonds. The second kappa shape index (κ2) is 12.6. The number of carbonyl (C=O) groups excluding carboxylic acids is 2. The van der Waals surface area contributed by atoms with Crippen LogP contribution in [0.4, 0.5) is 11.4 Å². The lowest BCUT2D eigenvalue weighted by atomic mass is 10.1. The Hall–Kier alpha value is -3.36. The average molecular weight is 506 g/mol. The van der Waals surface area contributed by atoms with Crippen molar-refractivity contribution in [2.75, 3.05) is 31.7 Å². The summed E-state index contributed by atoms with van der Waals surface area (Å²) in [4.78, 5) is 32.5. The van der Waals surface area contributed by atoms with E-state index in [4.69, 9.17) is 14.5 Å². The largest absolute Gasteiger partial charge is 0.494 e. The molecule has 4 rings (SSSR count). The number of hydrogen-bond donors (Lipinski definition) is 1. The number of hydrogen-bond acceptors (Lipinski definition) is 6. The second-order valence-corrected chi connectivity index (χ2v) is 9.45. The third-order valence-corrected chi connectivity index (χ3v) is 6.85. The number of aliphatic imine (C=N–C) groups is 1. The van der Waals surface area contributed by atoms with Crippen LogP contribution in [0.3, 0.4) is 0 Å². The molecule has 0 saturated carbocycles. The fraction of sp³-hybridized carbons (Fsp3) is 0.321. The first-order chi connectivity index (χ1) is 17.6. The van der Waals surface area contributed by atoms with Crippen LogP contribution in [-0.2, 0) is 14.3 Å². The molecule has 3 aromatic rings. The molecule has 0 radical (unpaired) electrons. The number of fused-ring (bicyclic) bond motifs is 1. The summed E-state index contributed by atoms with van der Waals surface area (Å²) >= 11 is 1.33. The van der Waals surface area contributed by atoms with Crippen molar-refractivity contribution in [1.82, 2.24) is 4.90 Å². The lowest BCUT2D eigenvalue weighted by Gasteiger charge is -2.16. The molecule has 36 heavy (non-hydrogen) atoms. The number of rotatable bonds is 11. The normalized spacial score (nSPS) is 16.6. The first kappa shape index (κ1) is 25.7. The predicted molar refractivity (Wildman–Crippen MR) is 146 cm³/mol. The van der Waals surface area contributed by atoms with E-state index in [1.807, 2.05) is 80.6 Å². The van der Waals surface area contributed by atoms with Crippen LogP contribution in [0.1, 0.15) is 26.7 Å². The molecule has 1 atom stereocenters. The highest BCUT2D eigenvalue weighted by Crippen LogP contribution is 2.32. The number of ether oxygens (including phenoxy) is 2. The molecule has 0 aromatic heterocycles. The van der Waals surface area contributed by atoms with E-state index in [2.05, 4.69) is 5.32 Å². The number of nitrogens with zero attached hydrogens (tertiary/aromatic N) is 2. The average Bonchev–Trinajstić information content (AvgIpc) is 3.16. The lowest BCUT2D eigenvalue weighted by Crippen LogP contribution is -2.34. The summed E-state index contributed by atoms with van der Waals surface area (Å²) in [6, 6.07) is 21.2. The maximum absolute atomic E-state index is 13.3. The summed E-state index contributed by atoms with van der Waals surface area (Å²) in [5.74, 6) is 0.468. The van der Waals surface area contributed by atoms with E-state index in [0.717, 1.165) is 22.2 Å². The number of anilines is 1. The van der Waals surface area contributed by atoms with Gasteiger partial charge in [0.2, 0.25) is 11.8 Å². The Morgan fingerprint density at radius 1 is 1.03 bits per heavy atom. The van der Waals surface area contributed by atoms with E-state index >= 15 is 0 Å². The van der Waals surface area contributed by atoms with Crippen LogP contribution >= 0.6 is 11.8 Å². The molecule has 0 spiro atoms. The van der Waals surface area contributed by atoms with E-state index in [1.54, 1.807) is 4.90 Å². The number of nitrogens with one attached hydrogen (secondary N) is 1. The Morgan fingerprint density at radius 2 is 1.81 bits per heavy atom. The van der Waals surface area contributed by atoms with Crippen LogP contribution in [0, 0.1) is 0 Å². The van der Waals surface area contributed by atoms with Gasteiger partial charge in [-0.2, -0.15) is 0 Å². The fourth-order valence-corrected chi connectivity index (χ4v) is 5.13. The van der Waals surface area contributed by atoms with Crippen molar-refractivity contribution in [3.63, 3.8) is 0 Å². The van der Waals surface area contributed by atoms with E-state index < -0.39 is 5.25 Å². The van der Waals surface area contributed by atoms with Gasteiger partial charge in [-0.05, 0) is 67.4 Å². The molecule has 1 aliphatic rings. The third-order valence-electron chi connectivity index (χ3n) is 5.67. The third kappa shape index (κ3) is 6.65. The smallest absolute Gasteiger partial charge is 0.242 e. The van der Waals surface area contributed by atoms with Crippen molar-refractivity contribution in [3.05, 3.63) is 66.7 Å². The maximum Gasteiger partial charge on any atom is 0.242 e. The molecule has 7 nitrogen and oxygen atoms in total. The molecule has 1 unspecified atom stereocenters. The molecule has 1 aliphatic heterocycles. The van der Waals surface area contributed by atoms with Crippen LogP contribution in [0.15, 0.2) is 71.7 Å². The summed E-state index contributed by atoms with van der Waals surface area (Å²) in [5.41, 5.74) is 1.44. The van der Waals surface area contributed by atoms with E-state index in [0.29, 0.717) is 43.6 Å². The molecule has 8 heteroatoms. The molecule has 0 aliphatic carbocycles. The second-order valence-electron chi connectivity index (χ2n) is 8.28. The quantitative estimate of drug-likeness (QED) is 0.342. The van der Waals surface area contributed by atoms with Gasteiger partial charge in [0.05, 0.1) is 12.3 Å². The Bertz CT molecular complexity index is 1230. The summed E-state index contributed by atoms with van der Waals surface area (Å²) in [6.45, 7) is 6.16. The summed E-state index contributed by atoms with van der Waals surface area (Å²) < 4.78 is 10.9. The van der Waals surface area contributed by atoms with Crippen LogP contribution < -0.4 is 10.1 Å². The molecule has 0 bridgehead atoms. The van der Waals surface area contributed by atoms with Crippen molar-refractivity contribution in [1.29, 1.82) is 0 Å². The van der Waals surface area contributed by atoms with Crippen LogP contribution in [0.5, 0.6) is 5.75 Å². The summed E-state index contributed by atoms with van der Waals surface area (Å²) in [7, 11) is 0. The first-order valence-corrected chi connectivity index (χ1v) is 13.1. The molecular weight excluding hydrogens is 474 g/mol. The zero-order valence-electron chi connectivity index (χ0n) is 20.6. The van der Waals surface area contributed by atoms with Crippen LogP contribution in [-0.4, -0.2) is 53.5 Å². The Balaban J connectivity index is 1.45. The van der Waals surface area contributed by atoms with Gasteiger partial charge in [-0.3, -0.25) is 14.5 Å². The lowest BCUT2D eigenvalue weighted by molar-refractivity contribution is -0.128. The summed E-state index contributed by atoms with van der Waals surface area (Å²) in [5, 5.41) is 5.17. The molecule has 1 heterocycles. The van der Waals surface area contributed by atoms with Crippen molar-refractivity contribution in [3.8, 4) is 5.75 Å². The maximum atomic E-state index is 13.3. The van der Waals surface area contributed by atoms with Crippen molar-refractivity contribution in [2.45, 2.75) is 31.9 Å². The molecule has 188 valence electrons. The number of amidine groups is 1.